The van der Waals surface area contributed by atoms with E-state index in [4.69, 9.17) is 4.52 Å². The van der Waals surface area contributed by atoms with Gasteiger partial charge >= 0.3 is 0 Å². The summed E-state index contributed by atoms with van der Waals surface area (Å²) in [4.78, 5) is 4.14. The Hall–Kier alpha value is -1.81. The smallest absolute Gasteiger partial charge is 0.167 e. The number of rotatable bonds is 2. The number of benzene rings is 1. The van der Waals surface area contributed by atoms with Crippen LogP contribution in [0.4, 0.5) is 0 Å². The zero-order chi connectivity index (χ0) is 11.8. The molecule has 0 amide bonds. The van der Waals surface area contributed by atoms with E-state index in [9.17, 15) is 0 Å². The van der Waals surface area contributed by atoms with E-state index in [1.165, 1.54) is 0 Å². The van der Waals surface area contributed by atoms with E-state index < -0.39 is 0 Å². The SMILES string of the molecule is Cc1cncn1C(C)c1noc2ccccc12.Cl. The first-order valence-electron chi connectivity index (χ1n) is 5.60. The highest BCUT2D eigenvalue weighted by molar-refractivity contribution is 5.85. The monoisotopic (exact) mass is 263 g/mol. The number of aromatic nitrogens is 3. The molecule has 0 radical (unpaired) electrons. The van der Waals surface area contributed by atoms with Crippen molar-refractivity contribution in [1.82, 2.24) is 14.7 Å². The van der Waals surface area contributed by atoms with Crippen LogP contribution >= 0.6 is 12.4 Å². The Labute approximate surface area is 111 Å². The molecule has 1 aromatic carbocycles. The highest BCUT2D eigenvalue weighted by Crippen LogP contribution is 2.26. The predicted molar refractivity (Wildman–Crippen MR) is 72.0 cm³/mol. The van der Waals surface area contributed by atoms with Crippen molar-refractivity contribution in [2.75, 3.05) is 0 Å². The molecule has 0 bridgehead atoms. The summed E-state index contributed by atoms with van der Waals surface area (Å²) >= 11 is 0. The van der Waals surface area contributed by atoms with Crippen molar-refractivity contribution < 1.29 is 4.52 Å². The lowest BCUT2D eigenvalue weighted by molar-refractivity contribution is 0.431. The second kappa shape index (κ2) is 4.82. The number of nitrogens with zero attached hydrogens (tertiary/aromatic N) is 3. The third-order valence-corrected chi connectivity index (χ3v) is 3.08. The molecule has 0 saturated carbocycles. The number of fused-ring (bicyclic) bond motifs is 1. The molecular weight excluding hydrogens is 250 g/mol. The average Bonchev–Trinajstić information content (AvgIpc) is 2.94. The molecule has 0 aliphatic carbocycles. The van der Waals surface area contributed by atoms with Gasteiger partial charge in [0.15, 0.2) is 5.58 Å². The van der Waals surface area contributed by atoms with Crippen LogP contribution in [-0.4, -0.2) is 14.7 Å². The molecule has 1 unspecified atom stereocenters. The largest absolute Gasteiger partial charge is 0.356 e. The summed E-state index contributed by atoms with van der Waals surface area (Å²) in [5, 5.41) is 5.23. The summed E-state index contributed by atoms with van der Waals surface area (Å²) in [6.07, 6.45) is 3.67. The number of imidazole rings is 1. The fourth-order valence-corrected chi connectivity index (χ4v) is 2.11. The summed E-state index contributed by atoms with van der Waals surface area (Å²) in [5.41, 5.74) is 2.89. The molecule has 18 heavy (non-hydrogen) atoms. The van der Waals surface area contributed by atoms with Crippen molar-refractivity contribution in [1.29, 1.82) is 0 Å². The first-order chi connectivity index (χ1) is 8.27. The maximum atomic E-state index is 5.32. The molecule has 0 N–H and O–H groups in total. The van der Waals surface area contributed by atoms with Crippen LogP contribution < -0.4 is 0 Å². The van der Waals surface area contributed by atoms with Gasteiger partial charge in [0.05, 0.1) is 12.4 Å². The third-order valence-electron chi connectivity index (χ3n) is 3.08. The molecule has 94 valence electrons. The lowest BCUT2D eigenvalue weighted by Gasteiger charge is -2.12. The Morgan fingerprint density at radius 2 is 2.06 bits per heavy atom. The third kappa shape index (κ3) is 1.88. The van der Waals surface area contributed by atoms with E-state index in [2.05, 4.69) is 21.6 Å². The van der Waals surface area contributed by atoms with E-state index >= 15 is 0 Å². The fraction of sp³-hybridized carbons (Fsp3) is 0.231. The Balaban J connectivity index is 0.00000120. The van der Waals surface area contributed by atoms with Crippen molar-refractivity contribution in [3.8, 4) is 0 Å². The first kappa shape index (κ1) is 12.6. The summed E-state index contributed by atoms with van der Waals surface area (Å²) in [7, 11) is 0. The number of para-hydroxylation sites is 1. The number of halogens is 1. The molecule has 2 heterocycles. The van der Waals surface area contributed by atoms with Gasteiger partial charge in [-0.25, -0.2) is 4.98 Å². The zero-order valence-electron chi connectivity index (χ0n) is 10.2. The van der Waals surface area contributed by atoms with Crippen molar-refractivity contribution >= 4 is 23.4 Å². The second-order valence-electron chi connectivity index (χ2n) is 4.18. The van der Waals surface area contributed by atoms with Gasteiger partial charge in [0.25, 0.3) is 0 Å². The highest BCUT2D eigenvalue weighted by atomic mass is 35.5. The number of aryl methyl sites for hydroxylation is 1. The van der Waals surface area contributed by atoms with E-state index in [-0.39, 0.29) is 18.4 Å². The molecule has 2 aromatic heterocycles. The summed E-state index contributed by atoms with van der Waals surface area (Å²) in [6, 6.07) is 8.03. The van der Waals surface area contributed by atoms with Crippen LogP contribution in [0.25, 0.3) is 11.0 Å². The van der Waals surface area contributed by atoms with Crippen LogP contribution in [0, 0.1) is 6.92 Å². The van der Waals surface area contributed by atoms with E-state index in [1.54, 1.807) is 0 Å². The van der Waals surface area contributed by atoms with Crippen LogP contribution in [-0.2, 0) is 0 Å². The fourth-order valence-electron chi connectivity index (χ4n) is 2.11. The van der Waals surface area contributed by atoms with Crippen molar-refractivity contribution in [3.63, 3.8) is 0 Å². The van der Waals surface area contributed by atoms with E-state index in [0.29, 0.717) is 0 Å². The first-order valence-corrected chi connectivity index (χ1v) is 5.60. The Bertz CT molecular complexity index is 659. The maximum Gasteiger partial charge on any atom is 0.167 e. The molecule has 0 saturated heterocycles. The van der Waals surface area contributed by atoms with E-state index in [0.717, 1.165) is 22.4 Å². The molecule has 4 nitrogen and oxygen atoms in total. The van der Waals surface area contributed by atoms with Gasteiger partial charge in [-0.3, -0.25) is 0 Å². The summed E-state index contributed by atoms with van der Waals surface area (Å²) in [6.45, 7) is 4.13. The summed E-state index contributed by atoms with van der Waals surface area (Å²) in [5.74, 6) is 0. The number of hydrogen-bond donors (Lipinski definition) is 0. The van der Waals surface area contributed by atoms with Gasteiger partial charge in [-0.15, -0.1) is 12.4 Å². The van der Waals surface area contributed by atoms with Gasteiger partial charge in [0.2, 0.25) is 0 Å². The van der Waals surface area contributed by atoms with Crippen LogP contribution in [0.2, 0.25) is 0 Å². The quantitative estimate of drug-likeness (QED) is 0.712. The molecule has 0 spiro atoms. The van der Waals surface area contributed by atoms with Gasteiger partial charge in [-0.05, 0) is 26.0 Å². The number of hydrogen-bond acceptors (Lipinski definition) is 3. The van der Waals surface area contributed by atoms with Gasteiger partial charge in [-0.2, -0.15) is 0 Å². The minimum absolute atomic E-state index is 0. The van der Waals surface area contributed by atoms with Crippen molar-refractivity contribution in [3.05, 3.63) is 48.2 Å². The van der Waals surface area contributed by atoms with Gasteiger partial charge < -0.3 is 9.09 Å². The molecule has 3 rings (SSSR count). The minimum atomic E-state index is 0. The van der Waals surface area contributed by atoms with Crippen LogP contribution in [0.3, 0.4) is 0 Å². The summed E-state index contributed by atoms with van der Waals surface area (Å²) < 4.78 is 7.41. The molecule has 1 atom stereocenters. The molecular formula is C13H14ClN3O. The molecule has 3 aromatic rings. The van der Waals surface area contributed by atoms with E-state index in [1.807, 2.05) is 43.7 Å². The predicted octanol–water partition coefficient (Wildman–Crippen LogP) is 3.36. The van der Waals surface area contributed by atoms with Crippen molar-refractivity contribution in [2.24, 2.45) is 0 Å². The highest BCUT2D eigenvalue weighted by Gasteiger charge is 2.17. The standard InChI is InChI=1S/C13H13N3O.ClH/c1-9-7-14-8-16(9)10(2)13-11-5-3-4-6-12(11)17-15-13;/h3-8,10H,1-2H3;1H. The van der Waals surface area contributed by atoms with Gasteiger partial charge in [0.1, 0.15) is 5.69 Å². The lowest BCUT2D eigenvalue weighted by Crippen LogP contribution is -2.07. The topological polar surface area (TPSA) is 43.9 Å². The minimum Gasteiger partial charge on any atom is -0.356 e. The van der Waals surface area contributed by atoms with Crippen molar-refractivity contribution in [2.45, 2.75) is 19.9 Å². The lowest BCUT2D eigenvalue weighted by atomic mass is 10.1. The van der Waals surface area contributed by atoms with Crippen LogP contribution in [0.15, 0.2) is 41.3 Å². The van der Waals surface area contributed by atoms with Gasteiger partial charge in [0, 0.05) is 17.3 Å². The molecule has 0 aliphatic rings. The Kier molecular flexibility index (Phi) is 3.39. The maximum absolute atomic E-state index is 5.32. The average molecular weight is 264 g/mol. The normalized spacial score (nSPS) is 12.3. The Morgan fingerprint density at radius 1 is 1.28 bits per heavy atom. The Morgan fingerprint density at radius 3 is 2.78 bits per heavy atom. The second-order valence-corrected chi connectivity index (χ2v) is 4.18. The molecule has 5 heteroatoms. The molecule has 0 aliphatic heterocycles. The molecule has 0 fully saturated rings. The van der Waals surface area contributed by atoms with Crippen LogP contribution in [0.5, 0.6) is 0 Å². The van der Waals surface area contributed by atoms with Gasteiger partial charge in [-0.1, -0.05) is 17.3 Å². The zero-order valence-corrected chi connectivity index (χ0v) is 11.0. The van der Waals surface area contributed by atoms with Crippen LogP contribution in [0.1, 0.15) is 24.4 Å².